The fourth-order valence-corrected chi connectivity index (χ4v) is 2.84. The molecular weight excluding hydrogens is 267 g/mol. The molecule has 12 heavy (non-hydrogen) atoms. The highest BCUT2D eigenvalue weighted by Gasteiger charge is 2.24. The van der Waals surface area contributed by atoms with Gasteiger partial charge in [-0.1, -0.05) is 34.8 Å². The Kier molecular flexibility index (Phi) is 5.59. The molecule has 0 fully saturated rings. The van der Waals surface area contributed by atoms with Crippen molar-refractivity contribution >= 4 is 54.9 Å². The third-order valence-corrected chi connectivity index (χ3v) is 2.55. The summed E-state index contributed by atoms with van der Waals surface area (Å²) >= 11 is 20.3. The van der Waals surface area contributed by atoms with Crippen LogP contribution in [-0.4, -0.2) is 14.7 Å². The highest BCUT2D eigenvalue weighted by molar-refractivity contribution is 8.30. The lowest BCUT2D eigenvalue weighted by atomic mass is 10.9. The van der Waals surface area contributed by atoms with Crippen molar-refractivity contribution in [1.29, 1.82) is 0 Å². The lowest BCUT2D eigenvalue weighted by Crippen LogP contribution is -2.42. The summed E-state index contributed by atoms with van der Waals surface area (Å²) < 4.78 is 11.3. The van der Waals surface area contributed by atoms with Gasteiger partial charge in [-0.25, -0.2) is 4.21 Å². The van der Waals surface area contributed by atoms with E-state index >= 15 is 0 Å². The fraction of sp³-hybridized carbons (Fsp3) is 1.00. The van der Waals surface area contributed by atoms with Crippen LogP contribution >= 0.6 is 34.8 Å². The first-order valence-electron chi connectivity index (χ1n) is 2.76. The third-order valence-electron chi connectivity index (χ3n) is 0.563. The Morgan fingerprint density at radius 3 is 2.42 bits per heavy atom. The Hall–Kier alpha value is 1.12. The number of hydrogen-bond donors (Lipinski definition) is 2. The molecule has 0 bridgehead atoms. The van der Waals surface area contributed by atoms with Gasteiger partial charge in [-0.3, -0.25) is 4.84 Å². The van der Waals surface area contributed by atoms with E-state index < -0.39 is 12.8 Å². The van der Waals surface area contributed by atoms with Gasteiger partial charge in [0.05, 0.1) is 6.61 Å². The van der Waals surface area contributed by atoms with E-state index in [1.54, 1.807) is 6.92 Å². The van der Waals surface area contributed by atoms with Gasteiger partial charge in [0.2, 0.25) is 0 Å². The lowest BCUT2D eigenvalue weighted by Gasteiger charge is -2.15. The molecule has 4 nitrogen and oxygen atoms in total. The predicted octanol–water partition coefficient (Wildman–Crippen LogP) is 1.02. The minimum absolute atomic E-state index is 0.301. The van der Waals surface area contributed by atoms with Crippen molar-refractivity contribution in [2.24, 2.45) is 0 Å². The highest BCUT2D eigenvalue weighted by Crippen LogP contribution is 2.22. The van der Waals surface area contributed by atoms with Crippen molar-refractivity contribution in [2.45, 2.75) is 10.8 Å². The molecule has 0 saturated heterocycles. The van der Waals surface area contributed by atoms with Crippen LogP contribution in [0.1, 0.15) is 6.92 Å². The highest BCUT2D eigenvalue weighted by atomic mass is 35.6. The van der Waals surface area contributed by atoms with E-state index in [4.69, 9.17) is 34.8 Å². The van der Waals surface area contributed by atoms with Crippen molar-refractivity contribution in [2.75, 3.05) is 6.61 Å². The third kappa shape index (κ3) is 7.75. The average molecular weight is 274 g/mol. The van der Waals surface area contributed by atoms with Crippen molar-refractivity contribution in [3.63, 3.8) is 0 Å². The number of rotatable bonds is 4. The second-order valence-electron chi connectivity index (χ2n) is 1.62. The van der Waals surface area contributed by atoms with Crippen LogP contribution < -0.4 is 9.61 Å². The molecule has 1 atom stereocenters. The minimum Gasteiger partial charge on any atom is -0.288 e. The summed E-state index contributed by atoms with van der Waals surface area (Å²) in [6, 6.07) is 0. The molecule has 0 radical (unpaired) electrons. The summed E-state index contributed by atoms with van der Waals surface area (Å²) in [5, 5.41) is 0. The molecule has 9 heteroatoms. The van der Waals surface area contributed by atoms with E-state index in [1.165, 1.54) is 0 Å². The van der Waals surface area contributed by atoms with Gasteiger partial charge in [-0.2, -0.15) is 4.72 Å². The van der Waals surface area contributed by atoms with Gasteiger partial charge < -0.3 is 0 Å². The van der Waals surface area contributed by atoms with Gasteiger partial charge in [0.25, 0.3) is 3.92 Å². The quantitative estimate of drug-likeness (QED) is 0.457. The zero-order valence-corrected chi connectivity index (χ0v) is 9.87. The molecule has 1 unspecified atom stereocenters. The maximum atomic E-state index is 11.2. The standard InChI is InChI=1S/C3H7Cl3N2O2S2/c1-2-10-8-12(9,11)7-3(4,5)6/h7-8H,2H2,1H3. The number of nitrogens with one attached hydrogen (secondary N) is 2. The lowest BCUT2D eigenvalue weighted by molar-refractivity contribution is 0.108. The van der Waals surface area contributed by atoms with Gasteiger partial charge in [0.1, 0.15) is 0 Å². The number of hydrogen-bond acceptors (Lipinski definition) is 3. The first kappa shape index (κ1) is 13.1. The Labute approximate surface area is 90.8 Å². The van der Waals surface area contributed by atoms with Crippen LogP contribution in [0.15, 0.2) is 0 Å². The largest absolute Gasteiger partial charge is 0.288 e. The molecule has 0 spiro atoms. The fourth-order valence-electron chi connectivity index (χ4n) is 0.310. The van der Waals surface area contributed by atoms with Gasteiger partial charge in [-0.05, 0) is 6.92 Å². The van der Waals surface area contributed by atoms with E-state index in [0.717, 1.165) is 0 Å². The molecule has 0 amide bonds. The van der Waals surface area contributed by atoms with E-state index in [9.17, 15) is 4.21 Å². The zero-order valence-electron chi connectivity index (χ0n) is 5.97. The van der Waals surface area contributed by atoms with Crippen LogP contribution in [0, 0.1) is 0 Å². The molecule has 0 aliphatic rings. The number of halogens is 3. The molecule has 0 aliphatic heterocycles. The van der Waals surface area contributed by atoms with Gasteiger partial charge >= 0.3 is 0 Å². The molecule has 74 valence electrons. The molecule has 0 aromatic carbocycles. The van der Waals surface area contributed by atoms with Gasteiger partial charge in [0, 0.05) is 11.2 Å². The van der Waals surface area contributed by atoms with Crippen LogP contribution in [0.3, 0.4) is 0 Å². The summed E-state index contributed by atoms with van der Waals surface area (Å²) in [6.07, 6.45) is 0. The summed E-state index contributed by atoms with van der Waals surface area (Å²) in [7, 11) is -3.09. The van der Waals surface area contributed by atoms with Crippen molar-refractivity contribution in [3.05, 3.63) is 0 Å². The summed E-state index contributed by atoms with van der Waals surface area (Å²) in [5.74, 6) is 0. The molecule has 2 N–H and O–H groups in total. The summed E-state index contributed by atoms with van der Waals surface area (Å²) in [4.78, 5) is 6.62. The second kappa shape index (κ2) is 5.11. The summed E-state index contributed by atoms with van der Waals surface area (Å²) in [5.41, 5.74) is 0. The minimum atomic E-state index is -3.09. The van der Waals surface area contributed by atoms with Crippen molar-refractivity contribution < 1.29 is 9.05 Å². The molecule has 0 aliphatic carbocycles. The van der Waals surface area contributed by atoms with Crippen LogP contribution in [0.25, 0.3) is 0 Å². The smallest absolute Gasteiger partial charge is 0.257 e. The maximum absolute atomic E-state index is 11.2. The first-order chi connectivity index (χ1) is 5.27. The van der Waals surface area contributed by atoms with Crippen LogP contribution in [0.4, 0.5) is 0 Å². The Morgan fingerprint density at radius 1 is 1.58 bits per heavy atom. The molecule has 0 aromatic rings. The number of alkyl halides is 3. The zero-order chi connectivity index (χ0) is 9.83. The van der Waals surface area contributed by atoms with Crippen molar-refractivity contribution in [3.8, 4) is 0 Å². The predicted molar refractivity (Wildman–Crippen MR) is 53.7 cm³/mol. The van der Waals surface area contributed by atoms with Crippen LogP contribution in [-0.2, 0) is 24.9 Å². The molecular formula is C3H7Cl3N2O2S2. The molecule has 0 rings (SSSR count). The van der Waals surface area contributed by atoms with Crippen LogP contribution in [0.2, 0.25) is 0 Å². The van der Waals surface area contributed by atoms with Gasteiger partial charge in [-0.15, -0.1) is 4.89 Å². The van der Waals surface area contributed by atoms with E-state index in [2.05, 4.69) is 16.0 Å². The first-order valence-corrected chi connectivity index (χ1v) is 6.38. The van der Waals surface area contributed by atoms with E-state index in [1.807, 2.05) is 9.61 Å². The van der Waals surface area contributed by atoms with Crippen molar-refractivity contribution in [1.82, 2.24) is 9.61 Å². The topological polar surface area (TPSA) is 50.4 Å². The monoisotopic (exact) mass is 272 g/mol. The molecule has 0 saturated carbocycles. The Morgan fingerprint density at radius 2 is 2.08 bits per heavy atom. The van der Waals surface area contributed by atoms with E-state index in [0.29, 0.717) is 6.61 Å². The van der Waals surface area contributed by atoms with Gasteiger partial charge in [0.15, 0.2) is 8.86 Å². The molecule has 0 heterocycles. The van der Waals surface area contributed by atoms with E-state index in [-0.39, 0.29) is 0 Å². The van der Waals surface area contributed by atoms with Crippen LogP contribution in [0.5, 0.6) is 0 Å². The molecule has 0 aromatic heterocycles. The SMILES string of the molecule is CCONS(=O)(=S)NC(Cl)(Cl)Cl. The Bertz CT molecular complexity index is 224. The summed E-state index contributed by atoms with van der Waals surface area (Å²) in [6.45, 7) is 1.99. The second-order valence-corrected chi connectivity index (χ2v) is 6.69. The average Bonchev–Trinajstić information content (AvgIpc) is 1.78. The normalized spacial score (nSPS) is 17.3. The maximum Gasteiger partial charge on any atom is 0.257 e. The Balaban J connectivity index is 4.06.